The normalized spacial score (nSPS) is 26.4. The van der Waals surface area contributed by atoms with E-state index >= 15 is 0 Å². The van der Waals surface area contributed by atoms with E-state index in [0.717, 1.165) is 25.7 Å². The van der Waals surface area contributed by atoms with Gasteiger partial charge in [-0.1, -0.05) is 20.8 Å². The molecule has 0 heterocycles. The van der Waals surface area contributed by atoms with Gasteiger partial charge in [0, 0.05) is 18.9 Å². The predicted octanol–water partition coefficient (Wildman–Crippen LogP) is 4.22. The Morgan fingerprint density at radius 2 is 1.78 bits per heavy atom. The van der Waals surface area contributed by atoms with Crippen molar-refractivity contribution in [1.82, 2.24) is 0 Å². The fourth-order valence-corrected chi connectivity index (χ4v) is 2.69. The van der Waals surface area contributed by atoms with Gasteiger partial charge in [0.05, 0.1) is 5.60 Å². The van der Waals surface area contributed by atoms with Gasteiger partial charge in [0.25, 0.3) is 0 Å². The Hall–Kier alpha value is -0.370. The zero-order valence-corrected chi connectivity index (χ0v) is 13.0. The molecule has 0 N–H and O–H groups in total. The second-order valence-corrected chi connectivity index (χ2v) is 7.75. The molecule has 0 aliphatic heterocycles. The Bertz CT molecular complexity index is 280. The van der Waals surface area contributed by atoms with Crippen LogP contribution in [0.3, 0.4) is 0 Å². The number of hydrogen-bond donors (Lipinski definition) is 0. The van der Waals surface area contributed by atoms with Crippen LogP contribution in [0.4, 0.5) is 0 Å². The standard InChI is InChI=1S/C16H30O2/c1-15(2,3)13-7-8-14(17)12(11-13)9-10-18-16(4,5)6/h12-13H,7-11H2,1-6H3. The third kappa shape index (κ3) is 5.09. The molecule has 1 rings (SSSR count). The molecule has 2 heteroatoms. The summed E-state index contributed by atoms with van der Waals surface area (Å²) in [5.41, 5.74) is 0.227. The number of ketones is 1. The van der Waals surface area contributed by atoms with Gasteiger partial charge in [0.1, 0.15) is 5.78 Å². The molecule has 1 aliphatic carbocycles. The van der Waals surface area contributed by atoms with Gasteiger partial charge >= 0.3 is 0 Å². The second-order valence-electron chi connectivity index (χ2n) is 7.75. The molecule has 0 bridgehead atoms. The van der Waals surface area contributed by atoms with Gasteiger partial charge < -0.3 is 4.74 Å². The molecule has 0 saturated heterocycles. The third-order valence-electron chi connectivity index (χ3n) is 3.99. The van der Waals surface area contributed by atoms with Crippen molar-refractivity contribution in [3.05, 3.63) is 0 Å². The zero-order valence-electron chi connectivity index (χ0n) is 13.0. The summed E-state index contributed by atoms with van der Waals surface area (Å²) >= 11 is 0. The maximum atomic E-state index is 12.0. The molecule has 18 heavy (non-hydrogen) atoms. The Labute approximate surface area is 112 Å². The highest BCUT2D eigenvalue weighted by Crippen LogP contribution is 2.39. The highest BCUT2D eigenvalue weighted by molar-refractivity contribution is 5.81. The third-order valence-corrected chi connectivity index (χ3v) is 3.99. The lowest BCUT2D eigenvalue weighted by atomic mass is 9.68. The first-order valence-corrected chi connectivity index (χ1v) is 7.26. The van der Waals surface area contributed by atoms with E-state index in [4.69, 9.17) is 4.74 Å². The van der Waals surface area contributed by atoms with Crippen LogP contribution in [0.25, 0.3) is 0 Å². The summed E-state index contributed by atoms with van der Waals surface area (Å²) in [6.07, 6.45) is 3.78. The van der Waals surface area contributed by atoms with Crippen molar-refractivity contribution in [2.45, 2.75) is 72.8 Å². The summed E-state index contributed by atoms with van der Waals surface area (Å²) < 4.78 is 5.75. The van der Waals surface area contributed by atoms with Crippen molar-refractivity contribution in [1.29, 1.82) is 0 Å². The average molecular weight is 254 g/mol. The molecule has 106 valence electrons. The number of carbonyl (C=O) groups is 1. The quantitative estimate of drug-likeness (QED) is 0.753. The summed E-state index contributed by atoms with van der Waals surface area (Å²) in [5, 5.41) is 0. The molecule has 2 unspecified atom stereocenters. The second kappa shape index (κ2) is 5.73. The van der Waals surface area contributed by atoms with Crippen LogP contribution in [0, 0.1) is 17.3 Å². The van der Waals surface area contributed by atoms with E-state index in [1.54, 1.807) is 0 Å². The minimum atomic E-state index is -0.0961. The maximum Gasteiger partial charge on any atom is 0.136 e. The predicted molar refractivity (Wildman–Crippen MR) is 75.6 cm³/mol. The van der Waals surface area contributed by atoms with E-state index in [1.165, 1.54) is 0 Å². The van der Waals surface area contributed by atoms with Crippen LogP contribution in [-0.2, 0) is 9.53 Å². The minimum absolute atomic E-state index is 0.0961. The van der Waals surface area contributed by atoms with E-state index in [1.807, 2.05) is 0 Å². The average Bonchev–Trinajstić information content (AvgIpc) is 2.17. The monoisotopic (exact) mass is 254 g/mol. The minimum Gasteiger partial charge on any atom is -0.376 e. The van der Waals surface area contributed by atoms with Crippen LogP contribution >= 0.6 is 0 Å². The topological polar surface area (TPSA) is 26.3 Å². The van der Waals surface area contributed by atoms with Gasteiger partial charge in [0.15, 0.2) is 0 Å². The van der Waals surface area contributed by atoms with Crippen molar-refractivity contribution >= 4 is 5.78 Å². The molecule has 2 nitrogen and oxygen atoms in total. The highest BCUT2D eigenvalue weighted by atomic mass is 16.5. The number of ether oxygens (including phenoxy) is 1. The summed E-state index contributed by atoms with van der Waals surface area (Å²) in [7, 11) is 0. The van der Waals surface area contributed by atoms with Gasteiger partial charge in [-0.2, -0.15) is 0 Å². The first-order chi connectivity index (χ1) is 8.09. The SMILES string of the molecule is CC(C)(C)OCCC1CC(C(C)(C)C)CCC1=O. The van der Waals surface area contributed by atoms with Crippen LogP contribution in [0.1, 0.15) is 67.2 Å². The van der Waals surface area contributed by atoms with Gasteiger partial charge in [0.2, 0.25) is 0 Å². The van der Waals surface area contributed by atoms with Crippen LogP contribution in [0.2, 0.25) is 0 Å². The van der Waals surface area contributed by atoms with E-state index in [2.05, 4.69) is 41.5 Å². The van der Waals surface area contributed by atoms with Crippen LogP contribution in [0.5, 0.6) is 0 Å². The van der Waals surface area contributed by atoms with Crippen molar-refractivity contribution in [3.8, 4) is 0 Å². The molecular weight excluding hydrogens is 224 g/mol. The molecule has 0 aromatic rings. The molecule has 0 spiro atoms. The Morgan fingerprint density at radius 3 is 2.28 bits per heavy atom. The summed E-state index contributed by atoms with van der Waals surface area (Å²) in [6.45, 7) is 13.8. The fraction of sp³-hybridized carbons (Fsp3) is 0.938. The van der Waals surface area contributed by atoms with Crippen LogP contribution in [-0.4, -0.2) is 18.0 Å². The van der Waals surface area contributed by atoms with Crippen molar-refractivity contribution in [3.63, 3.8) is 0 Å². The summed E-state index contributed by atoms with van der Waals surface area (Å²) in [6, 6.07) is 0. The number of hydrogen-bond acceptors (Lipinski definition) is 2. The van der Waals surface area contributed by atoms with Crippen LogP contribution in [0.15, 0.2) is 0 Å². The number of rotatable bonds is 3. The lowest BCUT2D eigenvalue weighted by molar-refractivity contribution is -0.128. The highest BCUT2D eigenvalue weighted by Gasteiger charge is 2.34. The lowest BCUT2D eigenvalue weighted by Gasteiger charge is -2.37. The first-order valence-electron chi connectivity index (χ1n) is 7.26. The van der Waals surface area contributed by atoms with E-state index in [-0.39, 0.29) is 11.5 Å². The molecule has 0 radical (unpaired) electrons. The Kier molecular flexibility index (Phi) is 4.99. The molecule has 1 aliphatic rings. The van der Waals surface area contributed by atoms with Crippen molar-refractivity contribution in [2.24, 2.45) is 17.3 Å². The molecule has 0 amide bonds. The van der Waals surface area contributed by atoms with Gasteiger partial charge in [-0.05, 0) is 51.4 Å². The van der Waals surface area contributed by atoms with E-state index < -0.39 is 0 Å². The van der Waals surface area contributed by atoms with E-state index in [0.29, 0.717) is 23.7 Å². The maximum absolute atomic E-state index is 12.0. The molecule has 0 aromatic heterocycles. The number of Topliss-reactive ketones (excluding diaryl/α,β-unsaturated/α-hetero) is 1. The Morgan fingerprint density at radius 1 is 1.17 bits per heavy atom. The smallest absolute Gasteiger partial charge is 0.136 e. The zero-order chi connectivity index (χ0) is 14.0. The first kappa shape index (κ1) is 15.7. The lowest BCUT2D eigenvalue weighted by Crippen LogP contribution is -2.33. The van der Waals surface area contributed by atoms with Gasteiger partial charge in [-0.15, -0.1) is 0 Å². The Balaban J connectivity index is 2.46. The van der Waals surface area contributed by atoms with Crippen molar-refractivity contribution < 1.29 is 9.53 Å². The number of carbonyl (C=O) groups excluding carboxylic acids is 1. The molecule has 1 fully saturated rings. The molecule has 2 atom stereocenters. The molecular formula is C16H30O2. The summed E-state index contributed by atoms with van der Waals surface area (Å²) in [5.74, 6) is 1.35. The van der Waals surface area contributed by atoms with Crippen LogP contribution < -0.4 is 0 Å². The van der Waals surface area contributed by atoms with Crippen molar-refractivity contribution in [2.75, 3.05) is 6.61 Å². The summed E-state index contributed by atoms with van der Waals surface area (Å²) in [4.78, 5) is 12.0. The largest absolute Gasteiger partial charge is 0.376 e. The molecule has 0 aromatic carbocycles. The van der Waals surface area contributed by atoms with Gasteiger partial charge in [-0.3, -0.25) is 4.79 Å². The van der Waals surface area contributed by atoms with Gasteiger partial charge in [-0.25, -0.2) is 0 Å². The molecule has 1 saturated carbocycles. The van der Waals surface area contributed by atoms with E-state index in [9.17, 15) is 4.79 Å². The fourth-order valence-electron chi connectivity index (χ4n) is 2.69.